The Hall–Kier alpha value is -1.77. The van der Waals surface area contributed by atoms with Crippen molar-refractivity contribution in [1.29, 1.82) is 0 Å². The molecule has 10 heteroatoms. The highest BCUT2D eigenvalue weighted by molar-refractivity contribution is 6.33. The first-order valence-corrected chi connectivity index (χ1v) is 5.38. The molecule has 0 fully saturated rings. The van der Waals surface area contributed by atoms with Gasteiger partial charge in [-0.1, -0.05) is 11.6 Å². The molecule has 0 aromatic carbocycles. The van der Waals surface area contributed by atoms with Crippen molar-refractivity contribution in [3.8, 4) is 0 Å². The number of rotatable bonds is 4. The molecule has 3 N–H and O–H groups in total. The van der Waals surface area contributed by atoms with Gasteiger partial charge >= 0.3 is 6.18 Å². The average Bonchev–Trinajstić information content (AvgIpc) is 2.27. The summed E-state index contributed by atoms with van der Waals surface area (Å²) in [5.74, 6) is -0.712. The third kappa shape index (κ3) is 4.12. The van der Waals surface area contributed by atoms with Gasteiger partial charge in [-0.05, 0) is 6.92 Å². The van der Waals surface area contributed by atoms with Crippen LogP contribution in [0.4, 0.5) is 18.9 Å². The third-order valence-electron chi connectivity index (χ3n) is 2.11. The number of aromatic nitrogens is 2. The number of anilines is 1. The fourth-order valence-electron chi connectivity index (χ4n) is 1.15. The third-order valence-corrected chi connectivity index (χ3v) is 2.48. The lowest BCUT2D eigenvalue weighted by molar-refractivity contribution is -0.143. The summed E-state index contributed by atoms with van der Waals surface area (Å²) >= 11 is 5.62. The van der Waals surface area contributed by atoms with Crippen LogP contribution < -0.4 is 16.6 Å². The maximum atomic E-state index is 12.1. The number of alkyl halides is 3. The van der Waals surface area contributed by atoms with Crippen LogP contribution in [0, 0.1) is 0 Å². The first-order valence-electron chi connectivity index (χ1n) is 5.00. The molecule has 0 radical (unpaired) electrons. The number of hydrogen-bond donors (Lipinski definition) is 2. The van der Waals surface area contributed by atoms with Crippen molar-refractivity contribution in [3.63, 3.8) is 0 Å². The van der Waals surface area contributed by atoms with E-state index in [2.05, 4.69) is 10.4 Å². The van der Waals surface area contributed by atoms with Crippen LogP contribution in [0.5, 0.6) is 0 Å². The van der Waals surface area contributed by atoms with E-state index in [0.717, 1.165) is 6.20 Å². The maximum absolute atomic E-state index is 12.1. The number of nitrogens with zero attached hydrogens (tertiary/aromatic N) is 2. The van der Waals surface area contributed by atoms with Crippen molar-refractivity contribution in [3.05, 3.63) is 21.6 Å². The first-order chi connectivity index (χ1) is 8.61. The van der Waals surface area contributed by atoms with Gasteiger partial charge in [0.1, 0.15) is 17.6 Å². The van der Waals surface area contributed by atoms with E-state index < -0.39 is 35.3 Å². The monoisotopic (exact) mass is 298 g/mol. The van der Waals surface area contributed by atoms with E-state index in [1.165, 1.54) is 6.92 Å². The zero-order valence-electron chi connectivity index (χ0n) is 9.66. The zero-order valence-corrected chi connectivity index (χ0v) is 10.4. The average molecular weight is 299 g/mol. The van der Waals surface area contributed by atoms with Crippen molar-refractivity contribution in [2.75, 3.05) is 5.32 Å². The smallest absolute Gasteiger partial charge is 0.371 e. The number of primary amides is 1. The summed E-state index contributed by atoms with van der Waals surface area (Å²) in [5, 5.41) is 5.31. The predicted octanol–water partition coefficient (Wildman–Crippen LogP) is 0.745. The Morgan fingerprint density at radius 1 is 1.63 bits per heavy atom. The van der Waals surface area contributed by atoms with Gasteiger partial charge in [0, 0.05) is 0 Å². The summed E-state index contributed by atoms with van der Waals surface area (Å²) in [6, 6.07) is -0.850. The minimum atomic E-state index is -4.59. The molecule has 1 rings (SSSR count). The minimum absolute atomic E-state index is 0.0589. The minimum Gasteiger partial charge on any atom is -0.371 e. The number of nitrogens with two attached hydrogens (primary N) is 1. The van der Waals surface area contributed by atoms with Crippen LogP contribution in [0.3, 0.4) is 0 Å². The fraction of sp³-hybridized carbons (Fsp3) is 0.444. The molecule has 106 valence electrons. The zero-order chi connectivity index (χ0) is 14.8. The lowest BCUT2D eigenvalue weighted by Gasteiger charge is -2.14. The molecule has 0 spiro atoms. The van der Waals surface area contributed by atoms with Crippen LogP contribution in [0.1, 0.15) is 6.92 Å². The van der Waals surface area contributed by atoms with Gasteiger partial charge in [0.2, 0.25) is 5.91 Å². The van der Waals surface area contributed by atoms with Crippen LogP contribution in [0.15, 0.2) is 11.0 Å². The number of carbonyl (C=O) groups is 1. The number of carbonyl (C=O) groups excluding carboxylic acids is 1. The molecule has 1 amide bonds. The number of nitrogens with one attached hydrogen (secondary N) is 1. The van der Waals surface area contributed by atoms with Crippen molar-refractivity contribution in [2.24, 2.45) is 5.73 Å². The molecular formula is C9H10ClF3N4O2. The number of hydrogen-bond acceptors (Lipinski definition) is 4. The molecular weight excluding hydrogens is 289 g/mol. The second-order valence-corrected chi connectivity index (χ2v) is 4.10. The first kappa shape index (κ1) is 15.3. The van der Waals surface area contributed by atoms with Gasteiger partial charge in [0.25, 0.3) is 5.56 Å². The molecule has 6 nitrogen and oxygen atoms in total. The van der Waals surface area contributed by atoms with Gasteiger partial charge in [0.15, 0.2) is 0 Å². The lowest BCUT2D eigenvalue weighted by Crippen LogP contribution is -2.35. The molecule has 0 saturated heterocycles. The van der Waals surface area contributed by atoms with Crippen LogP contribution in [0.25, 0.3) is 0 Å². The highest BCUT2D eigenvalue weighted by Gasteiger charge is 2.29. The Labute approximate surface area is 110 Å². The number of amides is 1. The Bertz CT molecular complexity index is 543. The van der Waals surface area contributed by atoms with E-state index in [-0.39, 0.29) is 10.4 Å². The molecule has 0 aliphatic rings. The Kier molecular flexibility index (Phi) is 4.40. The van der Waals surface area contributed by atoms with Gasteiger partial charge < -0.3 is 11.1 Å². The highest BCUT2D eigenvalue weighted by atomic mass is 35.5. The van der Waals surface area contributed by atoms with Crippen LogP contribution in [0.2, 0.25) is 5.02 Å². The Morgan fingerprint density at radius 2 is 2.21 bits per heavy atom. The summed E-state index contributed by atoms with van der Waals surface area (Å²) in [5.41, 5.74) is 3.82. The normalized spacial score (nSPS) is 13.1. The van der Waals surface area contributed by atoms with Crippen LogP contribution >= 0.6 is 11.6 Å². The van der Waals surface area contributed by atoms with Crippen LogP contribution in [-0.2, 0) is 11.3 Å². The molecule has 0 bridgehead atoms. The van der Waals surface area contributed by atoms with Gasteiger partial charge in [0.05, 0.1) is 11.9 Å². The van der Waals surface area contributed by atoms with E-state index in [9.17, 15) is 22.8 Å². The van der Waals surface area contributed by atoms with Gasteiger partial charge in [-0.2, -0.15) is 18.3 Å². The summed E-state index contributed by atoms with van der Waals surface area (Å²) in [6.45, 7) is -0.142. The molecule has 1 aromatic rings. The lowest BCUT2D eigenvalue weighted by atomic mass is 10.3. The second-order valence-electron chi connectivity index (χ2n) is 3.72. The Morgan fingerprint density at radius 3 is 2.68 bits per heavy atom. The molecule has 1 unspecified atom stereocenters. The molecule has 19 heavy (non-hydrogen) atoms. The summed E-state index contributed by atoms with van der Waals surface area (Å²) in [7, 11) is 0. The molecule has 1 atom stereocenters. The SMILES string of the molecule is CC(Nc1cnn(CC(F)(F)F)c(=O)c1Cl)C(N)=O. The van der Waals surface area contributed by atoms with E-state index in [1.54, 1.807) is 0 Å². The van der Waals surface area contributed by atoms with E-state index in [4.69, 9.17) is 17.3 Å². The van der Waals surface area contributed by atoms with E-state index >= 15 is 0 Å². The van der Waals surface area contributed by atoms with Crippen molar-refractivity contribution < 1.29 is 18.0 Å². The fourth-order valence-corrected chi connectivity index (χ4v) is 1.35. The van der Waals surface area contributed by atoms with Crippen molar-refractivity contribution >= 4 is 23.2 Å². The summed E-state index contributed by atoms with van der Waals surface area (Å²) < 4.78 is 36.6. The van der Waals surface area contributed by atoms with Crippen molar-refractivity contribution in [1.82, 2.24) is 9.78 Å². The van der Waals surface area contributed by atoms with E-state index in [0.29, 0.717) is 0 Å². The van der Waals surface area contributed by atoms with Gasteiger partial charge in [-0.25, -0.2) is 4.68 Å². The van der Waals surface area contributed by atoms with Crippen molar-refractivity contribution in [2.45, 2.75) is 25.7 Å². The molecule has 0 aliphatic heterocycles. The van der Waals surface area contributed by atoms with E-state index in [1.807, 2.05) is 0 Å². The second kappa shape index (κ2) is 5.47. The maximum Gasteiger partial charge on any atom is 0.408 e. The highest BCUT2D eigenvalue weighted by Crippen LogP contribution is 2.19. The molecule has 0 saturated carbocycles. The quantitative estimate of drug-likeness (QED) is 0.858. The molecule has 1 heterocycles. The standard InChI is InChI=1S/C9H10ClF3N4O2/c1-4(7(14)18)16-5-2-15-17(3-9(11,12)13)8(19)6(5)10/h2,4,16H,3H2,1H3,(H2,14,18). The summed E-state index contributed by atoms with van der Waals surface area (Å²) in [4.78, 5) is 22.3. The molecule has 1 aromatic heterocycles. The van der Waals surface area contributed by atoms with Crippen LogP contribution in [-0.4, -0.2) is 27.9 Å². The van der Waals surface area contributed by atoms with Gasteiger partial charge in [-0.3, -0.25) is 9.59 Å². The summed E-state index contributed by atoms with van der Waals surface area (Å²) in [6.07, 6.45) is -3.66. The largest absolute Gasteiger partial charge is 0.408 e. The predicted molar refractivity (Wildman–Crippen MR) is 61.8 cm³/mol. The molecule has 0 aliphatic carbocycles. The van der Waals surface area contributed by atoms with Gasteiger partial charge in [-0.15, -0.1) is 0 Å². The number of halogens is 4. The topological polar surface area (TPSA) is 90.0 Å². The Balaban J connectivity index is 3.05.